The van der Waals surface area contributed by atoms with Gasteiger partial charge in [0, 0.05) is 0 Å². The lowest BCUT2D eigenvalue weighted by atomic mass is 10.1. The molecular formula is C16H15FN2O2. The summed E-state index contributed by atoms with van der Waals surface area (Å²) in [5.74, 6) is -1.45. The molecule has 3 N–H and O–H groups in total. The summed E-state index contributed by atoms with van der Waals surface area (Å²) >= 11 is 0. The van der Waals surface area contributed by atoms with Crippen molar-refractivity contribution in [2.75, 3.05) is 0 Å². The highest BCUT2D eigenvalue weighted by molar-refractivity contribution is 5.88. The third-order valence-electron chi connectivity index (χ3n) is 2.98. The van der Waals surface area contributed by atoms with E-state index in [1.54, 1.807) is 36.4 Å². The number of hydrogen-bond donors (Lipinski definition) is 2. The monoisotopic (exact) mass is 286 g/mol. The van der Waals surface area contributed by atoms with Gasteiger partial charge in [-0.2, -0.15) is 0 Å². The SMILES string of the molecule is NC(=O)C(NC(=O)Cc1cccc(F)c1)c1ccccc1. The van der Waals surface area contributed by atoms with Crippen molar-refractivity contribution < 1.29 is 14.0 Å². The molecule has 21 heavy (non-hydrogen) atoms. The predicted molar refractivity (Wildman–Crippen MR) is 76.6 cm³/mol. The topological polar surface area (TPSA) is 72.2 Å². The molecule has 0 aliphatic rings. The molecule has 2 rings (SSSR count). The van der Waals surface area contributed by atoms with Crippen molar-refractivity contribution in [1.29, 1.82) is 0 Å². The van der Waals surface area contributed by atoms with Crippen LogP contribution in [-0.4, -0.2) is 11.8 Å². The predicted octanol–water partition coefficient (Wildman–Crippen LogP) is 1.71. The molecule has 0 radical (unpaired) electrons. The van der Waals surface area contributed by atoms with Gasteiger partial charge in [-0.3, -0.25) is 9.59 Å². The van der Waals surface area contributed by atoms with E-state index in [1.165, 1.54) is 18.2 Å². The Balaban J connectivity index is 2.07. The standard InChI is InChI=1S/C16H15FN2O2/c17-13-8-4-5-11(9-13)10-14(20)19-15(16(18)21)12-6-2-1-3-7-12/h1-9,15H,10H2,(H2,18,21)(H,19,20). The van der Waals surface area contributed by atoms with Crippen LogP contribution in [0.5, 0.6) is 0 Å². The molecule has 1 unspecified atom stereocenters. The van der Waals surface area contributed by atoms with Crippen molar-refractivity contribution in [2.24, 2.45) is 5.73 Å². The van der Waals surface area contributed by atoms with E-state index >= 15 is 0 Å². The van der Waals surface area contributed by atoms with Crippen molar-refractivity contribution in [3.05, 3.63) is 71.5 Å². The molecule has 1 atom stereocenters. The number of carbonyl (C=O) groups is 2. The van der Waals surface area contributed by atoms with Crippen molar-refractivity contribution in [3.8, 4) is 0 Å². The van der Waals surface area contributed by atoms with Crippen LogP contribution >= 0.6 is 0 Å². The molecule has 0 spiro atoms. The van der Waals surface area contributed by atoms with E-state index in [1.807, 2.05) is 0 Å². The molecule has 2 amide bonds. The van der Waals surface area contributed by atoms with Gasteiger partial charge in [-0.25, -0.2) is 4.39 Å². The van der Waals surface area contributed by atoms with Gasteiger partial charge in [0.1, 0.15) is 11.9 Å². The Morgan fingerprint density at radius 3 is 2.43 bits per heavy atom. The first-order valence-electron chi connectivity index (χ1n) is 6.44. The highest BCUT2D eigenvalue weighted by Crippen LogP contribution is 2.12. The molecule has 0 bridgehead atoms. The molecule has 4 nitrogen and oxygen atoms in total. The molecule has 0 heterocycles. The first-order valence-corrected chi connectivity index (χ1v) is 6.44. The highest BCUT2D eigenvalue weighted by atomic mass is 19.1. The van der Waals surface area contributed by atoms with Crippen LogP contribution in [0.1, 0.15) is 17.2 Å². The normalized spacial score (nSPS) is 11.7. The molecule has 0 saturated heterocycles. The average molecular weight is 286 g/mol. The summed E-state index contributed by atoms with van der Waals surface area (Å²) in [6.07, 6.45) is -0.0195. The number of rotatable bonds is 5. The van der Waals surface area contributed by atoms with Gasteiger partial charge >= 0.3 is 0 Å². The van der Waals surface area contributed by atoms with Gasteiger partial charge in [-0.05, 0) is 23.3 Å². The second kappa shape index (κ2) is 6.65. The highest BCUT2D eigenvalue weighted by Gasteiger charge is 2.19. The summed E-state index contributed by atoms with van der Waals surface area (Å²) in [6, 6.07) is 13.6. The van der Waals surface area contributed by atoms with Crippen molar-refractivity contribution >= 4 is 11.8 Å². The van der Waals surface area contributed by atoms with Gasteiger partial charge in [0.2, 0.25) is 11.8 Å². The molecule has 108 valence electrons. The lowest BCUT2D eigenvalue weighted by Crippen LogP contribution is -2.38. The van der Waals surface area contributed by atoms with E-state index < -0.39 is 23.7 Å². The van der Waals surface area contributed by atoms with Crippen LogP contribution in [0.4, 0.5) is 4.39 Å². The molecule has 2 aromatic rings. The number of benzene rings is 2. The molecule has 5 heteroatoms. The van der Waals surface area contributed by atoms with Crippen LogP contribution < -0.4 is 11.1 Å². The number of carbonyl (C=O) groups excluding carboxylic acids is 2. The van der Waals surface area contributed by atoms with E-state index in [2.05, 4.69) is 5.32 Å². The van der Waals surface area contributed by atoms with Gasteiger partial charge in [0.25, 0.3) is 0 Å². The summed E-state index contributed by atoms with van der Waals surface area (Å²) in [5.41, 5.74) is 6.46. The molecule has 0 aliphatic heterocycles. The first kappa shape index (κ1) is 14.7. The summed E-state index contributed by atoms with van der Waals surface area (Å²) < 4.78 is 13.1. The third-order valence-corrected chi connectivity index (χ3v) is 2.98. The zero-order valence-corrected chi connectivity index (χ0v) is 11.3. The first-order chi connectivity index (χ1) is 10.1. The molecule has 0 aromatic heterocycles. The van der Waals surface area contributed by atoms with E-state index in [-0.39, 0.29) is 6.42 Å². The summed E-state index contributed by atoms with van der Waals surface area (Å²) in [6.45, 7) is 0. The van der Waals surface area contributed by atoms with Gasteiger partial charge in [-0.1, -0.05) is 42.5 Å². The summed E-state index contributed by atoms with van der Waals surface area (Å²) in [7, 11) is 0. The summed E-state index contributed by atoms with van der Waals surface area (Å²) in [4.78, 5) is 23.5. The van der Waals surface area contributed by atoms with Crippen LogP contribution in [0.3, 0.4) is 0 Å². The zero-order valence-electron chi connectivity index (χ0n) is 11.3. The lowest BCUT2D eigenvalue weighted by molar-refractivity contribution is -0.127. The van der Waals surface area contributed by atoms with E-state index in [0.717, 1.165) is 0 Å². The Morgan fingerprint density at radius 1 is 1.10 bits per heavy atom. The fraction of sp³-hybridized carbons (Fsp3) is 0.125. The largest absolute Gasteiger partial charge is 0.368 e. The average Bonchev–Trinajstić information content (AvgIpc) is 2.45. The Hall–Kier alpha value is -2.69. The fourth-order valence-corrected chi connectivity index (χ4v) is 2.01. The second-order valence-corrected chi connectivity index (χ2v) is 4.62. The Bertz CT molecular complexity index is 644. The molecule has 0 fully saturated rings. The second-order valence-electron chi connectivity index (χ2n) is 4.62. The van der Waals surface area contributed by atoms with Crippen LogP contribution in [0, 0.1) is 5.82 Å². The van der Waals surface area contributed by atoms with Gasteiger partial charge in [-0.15, -0.1) is 0 Å². The number of nitrogens with two attached hydrogens (primary N) is 1. The Morgan fingerprint density at radius 2 is 1.81 bits per heavy atom. The van der Waals surface area contributed by atoms with Crippen LogP contribution in [-0.2, 0) is 16.0 Å². The third kappa shape index (κ3) is 4.14. The van der Waals surface area contributed by atoms with Crippen molar-refractivity contribution in [1.82, 2.24) is 5.32 Å². The van der Waals surface area contributed by atoms with Crippen molar-refractivity contribution in [3.63, 3.8) is 0 Å². The fourth-order valence-electron chi connectivity index (χ4n) is 2.01. The maximum atomic E-state index is 13.1. The number of amides is 2. The minimum atomic E-state index is -0.896. The van der Waals surface area contributed by atoms with Crippen LogP contribution in [0.2, 0.25) is 0 Å². The molecule has 0 aliphatic carbocycles. The quantitative estimate of drug-likeness (QED) is 0.878. The zero-order chi connectivity index (χ0) is 15.2. The van der Waals surface area contributed by atoms with Gasteiger partial charge in [0.05, 0.1) is 6.42 Å². The minimum Gasteiger partial charge on any atom is -0.368 e. The van der Waals surface area contributed by atoms with Gasteiger partial charge in [0.15, 0.2) is 0 Å². The molecule has 2 aromatic carbocycles. The smallest absolute Gasteiger partial charge is 0.244 e. The molecular weight excluding hydrogens is 271 g/mol. The van der Waals surface area contributed by atoms with Crippen LogP contribution in [0.15, 0.2) is 54.6 Å². The van der Waals surface area contributed by atoms with Crippen LogP contribution in [0.25, 0.3) is 0 Å². The number of halogens is 1. The van der Waals surface area contributed by atoms with Crippen molar-refractivity contribution in [2.45, 2.75) is 12.5 Å². The molecule has 0 saturated carbocycles. The Kier molecular flexibility index (Phi) is 4.66. The maximum absolute atomic E-state index is 13.1. The number of nitrogens with one attached hydrogen (secondary N) is 1. The number of primary amides is 1. The summed E-state index contributed by atoms with van der Waals surface area (Å²) in [5, 5.41) is 2.56. The van der Waals surface area contributed by atoms with E-state index in [9.17, 15) is 14.0 Å². The minimum absolute atomic E-state index is 0.0195. The lowest BCUT2D eigenvalue weighted by Gasteiger charge is -2.15. The van der Waals surface area contributed by atoms with E-state index in [4.69, 9.17) is 5.73 Å². The van der Waals surface area contributed by atoms with Gasteiger partial charge < -0.3 is 11.1 Å². The maximum Gasteiger partial charge on any atom is 0.244 e. The Labute approximate surface area is 121 Å². The number of hydrogen-bond acceptors (Lipinski definition) is 2. The van der Waals surface area contributed by atoms with E-state index in [0.29, 0.717) is 11.1 Å².